The molecule has 1 aliphatic heterocycles. The summed E-state index contributed by atoms with van der Waals surface area (Å²) in [5.74, 6) is 1.36. The fraction of sp³-hybridized carbons (Fsp3) is 0.250. The molecule has 0 bridgehead atoms. The number of hydrogen-bond donors (Lipinski definition) is 0. The standard InChI is InChI=1S/C16H14N2O3S2/c1-18-11-8-12-13(21-5-4-20-12)9-14(11)23-16(18)17-15(19)7-10-3-2-6-22-10/h2-3,6,8-9H,4-5,7H2,1H3. The van der Waals surface area contributed by atoms with Crippen LogP contribution in [-0.4, -0.2) is 23.7 Å². The van der Waals surface area contributed by atoms with Crippen LogP contribution in [0.25, 0.3) is 10.2 Å². The van der Waals surface area contributed by atoms with Crippen molar-refractivity contribution in [3.8, 4) is 11.5 Å². The molecule has 0 saturated carbocycles. The maximum absolute atomic E-state index is 12.1. The van der Waals surface area contributed by atoms with Crippen LogP contribution in [0.5, 0.6) is 11.5 Å². The van der Waals surface area contributed by atoms with Crippen molar-refractivity contribution in [2.45, 2.75) is 6.42 Å². The van der Waals surface area contributed by atoms with Crippen LogP contribution in [-0.2, 0) is 18.3 Å². The fourth-order valence-electron chi connectivity index (χ4n) is 2.48. The van der Waals surface area contributed by atoms with Gasteiger partial charge in [0, 0.05) is 24.1 Å². The smallest absolute Gasteiger partial charge is 0.253 e. The molecule has 1 aliphatic rings. The van der Waals surface area contributed by atoms with Gasteiger partial charge in [0.2, 0.25) is 0 Å². The molecule has 7 heteroatoms. The highest BCUT2D eigenvalue weighted by atomic mass is 32.1. The molecule has 118 valence electrons. The van der Waals surface area contributed by atoms with E-state index in [1.54, 1.807) is 11.3 Å². The maximum atomic E-state index is 12.1. The normalized spacial score (nSPS) is 14.4. The Balaban J connectivity index is 1.73. The molecular weight excluding hydrogens is 332 g/mol. The van der Waals surface area contributed by atoms with Gasteiger partial charge in [0.05, 0.1) is 16.6 Å². The first-order valence-corrected chi connectivity index (χ1v) is 8.89. The van der Waals surface area contributed by atoms with Crippen molar-refractivity contribution in [3.05, 3.63) is 39.3 Å². The van der Waals surface area contributed by atoms with Crippen LogP contribution in [0.1, 0.15) is 4.88 Å². The molecule has 0 unspecified atom stereocenters. The number of thiazole rings is 1. The number of hydrogen-bond acceptors (Lipinski definition) is 5. The Morgan fingerprint density at radius 1 is 1.30 bits per heavy atom. The highest BCUT2D eigenvalue weighted by Gasteiger charge is 2.15. The van der Waals surface area contributed by atoms with Crippen molar-refractivity contribution in [2.75, 3.05) is 13.2 Å². The first-order chi connectivity index (χ1) is 11.2. The van der Waals surface area contributed by atoms with Crippen molar-refractivity contribution >= 4 is 38.8 Å². The van der Waals surface area contributed by atoms with Gasteiger partial charge in [-0.25, -0.2) is 0 Å². The molecule has 0 saturated heterocycles. The van der Waals surface area contributed by atoms with E-state index in [0.717, 1.165) is 26.6 Å². The van der Waals surface area contributed by atoms with Gasteiger partial charge in [-0.2, -0.15) is 4.99 Å². The molecular formula is C16H14N2O3S2. The molecule has 3 aromatic rings. The summed E-state index contributed by atoms with van der Waals surface area (Å²) in [4.78, 5) is 18.1. The number of amides is 1. The Morgan fingerprint density at radius 2 is 2.09 bits per heavy atom. The zero-order valence-corrected chi connectivity index (χ0v) is 14.1. The Kier molecular flexibility index (Phi) is 3.66. The third-order valence-corrected chi connectivity index (χ3v) is 5.57. The third-order valence-electron chi connectivity index (χ3n) is 3.60. The van der Waals surface area contributed by atoms with Crippen LogP contribution in [0, 0.1) is 0 Å². The fourth-order valence-corrected chi connectivity index (χ4v) is 4.22. The molecule has 5 nitrogen and oxygen atoms in total. The third kappa shape index (κ3) is 2.77. The Bertz CT molecular complexity index is 938. The molecule has 1 amide bonds. The van der Waals surface area contributed by atoms with Crippen molar-refractivity contribution in [1.82, 2.24) is 4.57 Å². The van der Waals surface area contributed by atoms with E-state index in [-0.39, 0.29) is 5.91 Å². The number of benzene rings is 1. The van der Waals surface area contributed by atoms with E-state index in [4.69, 9.17) is 9.47 Å². The molecule has 23 heavy (non-hydrogen) atoms. The summed E-state index contributed by atoms with van der Waals surface area (Å²) in [6, 6.07) is 7.79. The number of nitrogens with zero attached hydrogens (tertiary/aromatic N) is 2. The van der Waals surface area contributed by atoms with Crippen LogP contribution in [0.2, 0.25) is 0 Å². The van der Waals surface area contributed by atoms with E-state index in [0.29, 0.717) is 24.4 Å². The number of aromatic nitrogens is 1. The average Bonchev–Trinajstić information content (AvgIpc) is 3.15. The van der Waals surface area contributed by atoms with Crippen molar-refractivity contribution in [2.24, 2.45) is 12.0 Å². The summed E-state index contributed by atoms with van der Waals surface area (Å²) in [5, 5.41) is 1.96. The number of thiophene rings is 1. The van der Waals surface area contributed by atoms with Crippen LogP contribution in [0.3, 0.4) is 0 Å². The van der Waals surface area contributed by atoms with Gasteiger partial charge >= 0.3 is 0 Å². The number of aryl methyl sites for hydroxylation is 1. The van der Waals surface area contributed by atoms with Crippen LogP contribution < -0.4 is 14.3 Å². The van der Waals surface area contributed by atoms with E-state index in [9.17, 15) is 4.79 Å². The zero-order valence-electron chi connectivity index (χ0n) is 12.4. The number of rotatable bonds is 2. The first-order valence-electron chi connectivity index (χ1n) is 7.20. The predicted octanol–water partition coefficient (Wildman–Crippen LogP) is 2.74. The largest absolute Gasteiger partial charge is 0.486 e. The van der Waals surface area contributed by atoms with Gasteiger partial charge < -0.3 is 14.0 Å². The molecule has 0 fully saturated rings. The van der Waals surface area contributed by atoms with Gasteiger partial charge in [-0.05, 0) is 11.4 Å². The Hall–Kier alpha value is -2.12. The number of fused-ring (bicyclic) bond motifs is 2. The minimum Gasteiger partial charge on any atom is -0.486 e. The van der Waals surface area contributed by atoms with Crippen LogP contribution in [0.15, 0.2) is 34.6 Å². The molecule has 0 spiro atoms. The molecule has 4 rings (SSSR count). The van der Waals surface area contributed by atoms with E-state index >= 15 is 0 Å². The maximum Gasteiger partial charge on any atom is 0.253 e. The number of carbonyl (C=O) groups excluding carboxylic acids is 1. The highest BCUT2D eigenvalue weighted by Crippen LogP contribution is 2.35. The topological polar surface area (TPSA) is 52.8 Å². The lowest BCUT2D eigenvalue weighted by Gasteiger charge is -2.18. The number of ether oxygens (including phenoxy) is 2. The van der Waals surface area contributed by atoms with Gasteiger partial charge in [-0.3, -0.25) is 4.79 Å². The van der Waals surface area contributed by atoms with Gasteiger partial charge in [0.15, 0.2) is 16.3 Å². The van der Waals surface area contributed by atoms with Gasteiger partial charge in [0.1, 0.15) is 13.2 Å². The van der Waals surface area contributed by atoms with E-state index in [1.165, 1.54) is 11.3 Å². The SMILES string of the molecule is Cn1c(=NC(=O)Cc2cccs2)sc2cc3c(cc21)OCCO3. The van der Waals surface area contributed by atoms with Gasteiger partial charge in [-0.1, -0.05) is 17.4 Å². The van der Waals surface area contributed by atoms with Crippen molar-refractivity contribution in [3.63, 3.8) is 0 Å². The summed E-state index contributed by atoms with van der Waals surface area (Å²) in [6.07, 6.45) is 0.342. The zero-order chi connectivity index (χ0) is 15.8. The van der Waals surface area contributed by atoms with E-state index in [1.807, 2.05) is 41.3 Å². The Morgan fingerprint density at radius 3 is 2.83 bits per heavy atom. The molecule has 2 aromatic heterocycles. The van der Waals surface area contributed by atoms with E-state index in [2.05, 4.69) is 4.99 Å². The van der Waals surface area contributed by atoms with Gasteiger partial charge in [-0.15, -0.1) is 11.3 Å². The summed E-state index contributed by atoms with van der Waals surface area (Å²) in [6.45, 7) is 1.12. The summed E-state index contributed by atoms with van der Waals surface area (Å²) in [5.41, 5.74) is 0.988. The van der Waals surface area contributed by atoms with Gasteiger partial charge in [0.25, 0.3) is 5.91 Å². The molecule has 0 atom stereocenters. The van der Waals surface area contributed by atoms with Crippen LogP contribution >= 0.6 is 22.7 Å². The summed E-state index contributed by atoms with van der Waals surface area (Å²) in [7, 11) is 1.91. The second-order valence-electron chi connectivity index (χ2n) is 5.17. The quantitative estimate of drug-likeness (QED) is 0.717. The second kappa shape index (κ2) is 5.82. The summed E-state index contributed by atoms with van der Waals surface area (Å²) < 4.78 is 14.2. The lowest BCUT2D eigenvalue weighted by atomic mass is 10.3. The predicted molar refractivity (Wildman–Crippen MR) is 90.4 cm³/mol. The minimum atomic E-state index is -0.133. The minimum absolute atomic E-state index is 0.133. The van der Waals surface area contributed by atoms with Crippen molar-refractivity contribution < 1.29 is 14.3 Å². The van der Waals surface area contributed by atoms with Crippen LogP contribution in [0.4, 0.5) is 0 Å². The highest BCUT2D eigenvalue weighted by molar-refractivity contribution is 7.16. The monoisotopic (exact) mass is 346 g/mol. The lowest BCUT2D eigenvalue weighted by Crippen LogP contribution is -2.16. The molecule has 3 heterocycles. The molecule has 0 aliphatic carbocycles. The second-order valence-corrected chi connectivity index (χ2v) is 7.21. The molecule has 0 N–H and O–H groups in total. The average molecular weight is 346 g/mol. The lowest BCUT2D eigenvalue weighted by molar-refractivity contribution is -0.117. The summed E-state index contributed by atoms with van der Waals surface area (Å²) >= 11 is 3.05. The first kappa shape index (κ1) is 14.5. The number of carbonyl (C=O) groups is 1. The van der Waals surface area contributed by atoms with E-state index < -0.39 is 0 Å². The molecule has 0 radical (unpaired) electrons. The molecule has 1 aromatic carbocycles. The Labute approximate surface area is 140 Å². The van der Waals surface area contributed by atoms with Crippen molar-refractivity contribution in [1.29, 1.82) is 0 Å².